The van der Waals surface area contributed by atoms with Gasteiger partial charge in [0.15, 0.2) is 0 Å². The van der Waals surface area contributed by atoms with Crippen LogP contribution in [0.5, 0.6) is 0 Å². The van der Waals surface area contributed by atoms with E-state index in [9.17, 15) is 0 Å². The number of ether oxygens (including phenoxy) is 1. The Morgan fingerprint density at radius 2 is 2.00 bits per heavy atom. The van der Waals surface area contributed by atoms with Crippen molar-refractivity contribution in [1.82, 2.24) is 19.8 Å². The second-order valence-electron chi connectivity index (χ2n) is 8.07. The lowest BCUT2D eigenvalue weighted by Crippen LogP contribution is -2.47. The maximum atomic E-state index is 6.35. The molecule has 2 aromatic rings. The molecule has 2 atom stereocenters. The summed E-state index contributed by atoms with van der Waals surface area (Å²) in [5, 5.41) is 9.14. The number of hydrogen-bond acceptors (Lipinski definition) is 5. The highest BCUT2D eigenvalue weighted by Gasteiger charge is 2.28. The summed E-state index contributed by atoms with van der Waals surface area (Å²) >= 11 is 1.73. The molecule has 2 fully saturated rings. The van der Waals surface area contributed by atoms with Gasteiger partial charge in [0.05, 0.1) is 24.4 Å². The summed E-state index contributed by atoms with van der Waals surface area (Å²) in [7, 11) is 2.01. The SMILES string of the molecule is CC.CSNC1CCNCC1COC1CCC(c2ccc3c(cnn3C)c2)CC1. The maximum Gasteiger partial charge on any atom is 0.0679 e. The lowest BCUT2D eigenvalue weighted by atomic mass is 9.82. The van der Waals surface area contributed by atoms with Gasteiger partial charge in [-0.15, -0.1) is 0 Å². The number of nitrogens with one attached hydrogen (secondary N) is 2. The van der Waals surface area contributed by atoms with Gasteiger partial charge in [-0.3, -0.25) is 9.40 Å². The minimum Gasteiger partial charge on any atom is -0.378 e. The predicted octanol–water partition coefficient (Wildman–Crippen LogP) is 4.49. The fourth-order valence-electron chi connectivity index (χ4n) is 4.66. The summed E-state index contributed by atoms with van der Waals surface area (Å²) in [5.74, 6) is 1.24. The monoisotopic (exact) mass is 418 g/mol. The summed E-state index contributed by atoms with van der Waals surface area (Å²) in [6, 6.07) is 7.42. The summed E-state index contributed by atoms with van der Waals surface area (Å²) in [6.07, 6.45) is 10.5. The van der Waals surface area contributed by atoms with Crippen LogP contribution in [0.1, 0.15) is 57.4 Å². The first kappa shape index (κ1) is 22.6. The third kappa shape index (κ3) is 5.75. The lowest BCUT2D eigenvalue weighted by molar-refractivity contribution is -0.00384. The zero-order valence-electron chi connectivity index (χ0n) is 18.5. The molecule has 4 rings (SSSR count). The smallest absolute Gasteiger partial charge is 0.0679 e. The van der Waals surface area contributed by atoms with Crippen LogP contribution in [-0.2, 0) is 11.8 Å². The van der Waals surface area contributed by atoms with Crippen LogP contribution in [0.2, 0.25) is 0 Å². The Hall–Kier alpha value is -1.08. The number of rotatable bonds is 6. The fourth-order valence-corrected chi connectivity index (χ4v) is 5.28. The number of hydrogen-bond donors (Lipinski definition) is 2. The first-order valence-corrected chi connectivity index (χ1v) is 12.5. The van der Waals surface area contributed by atoms with Crippen molar-refractivity contribution in [2.45, 2.75) is 64.0 Å². The molecule has 1 aliphatic carbocycles. The molecule has 162 valence electrons. The average Bonchev–Trinajstić information content (AvgIpc) is 3.15. The minimum atomic E-state index is 0.431. The van der Waals surface area contributed by atoms with Gasteiger partial charge in [-0.05, 0) is 68.5 Å². The molecule has 5 nitrogen and oxygen atoms in total. The molecule has 2 N–H and O–H groups in total. The van der Waals surface area contributed by atoms with E-state index in [-0.39, 0.29) is 0 Å². The quantitative estimate of drug-likeness (QED) is 0.677. The molecule has 0 bridgehead atoms. The van der Waals surface area contributed by atoms with Crippen molar-refractivity contribution >= 4 is 22.9 Å². The van der Waals surface area contributed by atoms with Crippen molar-refractivity contribution in [3.05, 3.63) is 30.0 Å². The molecular weight excluding hydrogens is 380 g/mol. The Kier molecular flexibility index (Phi) is 8.85. The van der Waals surface area contributed by atoms with Crippen molar-refractivity contribution in [3.63, 3.8) is 0 Å². The van der Waals surface area contributed by atoms with Crippen LogP contribution in [0.3, 0.4) is 0 Å². The Bertz CT molecular complexity index is 740. The van der Waals surface area contributed by atoms with E-state index in [0.29, 0.717) is 24.0 Å². The highest BCUT2D eigenvalue weighted by Crippen LogP contribution is 2.35. The van der Waals surface area contributed by atoms with Gasteiger partial charge in [-0.2, -0.15) is 5.10 Å². The van der Waals surface area contributed by atoms with Gasteiger partial charge in [0, 0.05) is 30.9 Å². The molecule has 0 radical (unpaired) electrons. The Morgan fingerprint density at radius 3 is 2.76 bits per heavy atom. The van der Waals surface area contributed by atoms with Gasteiger partial charge in [0.2, 0.25) is 0 Å². The average molecular weight is 419 g/mol. The van der Waals surface area contributed by atoms with E-state index in [1.807, 2.05) is 31.8 Å². The number of fused-ring (bicyclic) bond motifs is 1. The minimum absolute atomic E-state index is 0.431. The Morgan fingerprint density at radius 1 is 1.21 bits per heavy atom. The van der Waals surface area contributed by atoms with Gasteiger partial charge in [0.1, 0.15) is 0 Å². The van der Waals surface area contributed by atoms with E-state index in [1.54, 1.807) is 11.9 Å². The topological polar surface area (TPSA) is 51.1 Å². The van der Waals surface area contributed by atoms with Crippen LogP contribution in [0, 0.1) is 5.92 Å². The summed E-state index contributed by atoms with van der Waals surface area (Å²) in [5.41, 5.74) is 2.68. The third-order valence-electron chi connectivity index (χ3n) is 6.34. The highest BCUT2D eigenvalue weighted by molar-refractivity contribution is 7.96. The van der Waals surface area contributed by atoms with Gasteiger partial charge in [0.25, 0.3) is 0 Å². The van der Waals surface area contributed by atoms with Gasteiger partial charge < -0.3 is 10.1 Å². The van der Waals surface area contributed by atoms with Gasteiger partial charge in [-0.1, -0.05) is 31.9 Å². The summed E-state index contributed by atoms with van der Waals surface area (Å²) < 4.78 is 11.9. The van der Waals surface area contributed by atoms with E-state index in [4.69, 9.17) is 4.74 Å². The van der Waals surface area contributed by atoms with Gasteiger partial charge >= 0.3 is 0 Å². The maximum absolute atomic E-state index is 6.35. The molecular formula is C23H38N4OS. The third-order valence-corrected chi connectivity index (χ3v) is 6.88. The summed E-state index contributed by atoms with van der Waals surface area (Å²) in [6.45, 7) is 7.06. The standard InChI is InChI=1S/C21H32N4OS.C2H6/c1-25-21-8-5-16(11-17(21)13-23-25)15-3-6-19(7-4-15)26-14-18-12-22-10-9-20(18)24-27-2;1-2/h5,8,11,13,15,18-20,22,24H,3-4,6-7,9-10,12,14H2,1-2H3;1-2H3. The van der Waals surface area contributed by atoms with Crippen LogP contribution >= 0.6 is 11.9 Å². The number of aryl methyl sites for hydroxylation is 1. The molecule has 0 amide bonds. The van der Waals surface area contributed by atoms with E-state index in [1.165, 1.54) is 48.6 Å². The second-order valence-corrected chi connectivity index (χ2v) is 8.72. The molecule has 2 heterocycles. The van der Waals surface area contributed by atoms with Crippen LogP contribution in [-0.4, -0.2) is 47.9 Å². The molecule has 29 heavy (non-hydrogen) atoms. The first-order valence-electron chi connectivity index (χ1n) is 11.3. The fraction of sp³-hybridized carbons (Fsp3) is 0.696. The number of nitrogens with zero attached hydrogens (tertiary/aromatic N) is 2. The van der Waals surface area contributed by atoms with Crippen molar-refractivity contribution in [2.24, 2.45) is 13.0 Å². The molecule has 1 aliphatic heterocycles. The van der Waals surface area contributed by atoms with E-state index < -0.39 is 0 Å². The molecule has 6 heteroatoms. The van der Waals surface area contributed by atoms with E-state index in [2.05, 4.69) is 39.6 Å². The first-order chi connectivity index (χ1) is 14.2. The van der Waals surface area contributed by atoms with Crippen LogP contribution in [0.25, 0.3) is 10.9 Å². The molecule has 1 aromatic carbocycles. The summed E-state index contributed by atoms with van der Waals surface area (Å²) in [4.78, 5) is 0. The zero-order valence-corrected chi connectivity index (χ0v) is 19.3. The largest absolute Gasteiger partial charge is 0.378 e. The number of piperidine rings is 1. The Labute approximate surface area is 180 Å². The number of aromatic nitrogens is 2. The van der Waals surface area contributed by atoms with Crippen LogP contribution in [0.4, 0.5) is 0 Å². The van der Waals surface area contributed by atoms with E-state index in [0.717, 1.165) is 19.7 Å². The van der Waals surface area contributed by atoms with Gasteiger partial charge in [-0.25, -0.2) is 0 Å². The van der Waals surface area contributed by atoms with Crippen molar-refractivity contribution < 1.29 is 4.74 Å². The molecule has 1 saturated heterocycles. The van der Waals surface area contributed by atoms with Crippen LogP contribution in [0.15, 0.2) is 24.4 Å². The molecule has 0 spiro atoms. The molecule has 2 aliphatic rings. The van der Waals surface area contributed by atoms with Crippen molar-refractivity contribution in [3.8, 4) is 0 Å². The highest BCUT2D eigenvalue weighted by atomic mass is 32.2. The predicted molar refractivity (Wildman–Crippen MR) is 124 cm³/mol. The van der Waals surface area contributed by atoms with Crippen LogP contribution < -0.4 is 10.0 Å². The molecule has 2 unspecified atom stereocenters. The van der Waals surface area contributed by atoms with Crippen molar-refractivity contribution in [1.29, 1.82) is 0 Å². The van der Waals surface area contributed by atoms with Crippen molar-refractivity contribution in [2.75, 3.05) is 26.0 Å². The lowest BCUT2D eigenvalue weighted by Gasteiger charge is -2.34. The molecule has 1 saturated carbocycles. The normalized spacial score (nSPS) is 27.4. The number of benzene rings is 1. The Balaban J connectivity index is 0.00000117. The zero-order chi connectivity index (χ0) is 20.6. The second kappa shape index (κ2) is 11.3. The van der Waals surface area contributed by atoms with E-state index >= 15 is 0 Å². The molecule has 1 aromatic heterocycles.